The molecule has 13 heavy (non-hydrogen) atoms. The predicted octanol–water partition coefficient (Wildman–Crippen LogP) is 1.76. The molecule has 0 N–H and O–H groups in total. The number of halogens is 1. The Morgan fingerprint density at radius 3 is 2.54 bits per heavy atom. The highest BCUT2D eigenvalue weighted by atomic mass is 35.7. The number of methoxy groups -OCH3 is 1. The molecule has 0 bridgehead atoms. The van der Waals surface area contributed by atoms with Gasteiger partial charge in [0.2, 0.25) is 9.05 Å². The number of hydrogen-bond acceptors (Lipinski definition) is 3. The van der Waals surface area contributed by atoms with E-state index in [1.807, 2.05) is 0 Å². The van der Waals surface area contributed by atoms with Crippen LogP contribution in [0.5, 0.6) is 5.75 Å². The summed E-state index contributed by atoms with van der Waals surface area (Å²) in [4.78, 5) is 0. The lowest BCUT2D eigenvalue weighted by molar-refractivity contribution is 0.411. The van der Waals surface area contributed by atoms with Crippen LogP contribution in [0.2, 0.25) is 0 Å². The van der Waals surface area contributed by atoms with E-state index in [1.165, 1.54) is 7.11 Å². The molecule has 0 saturated heterocycles. The van der Waals surface area contributed by atoms with E-state index in [-0.39, 0.29) is 5.75 Å². The van der Waals surface area contributed by atoms with Gasteiger partial charge in [-0.2, -0.15) is 0 Å². The molecule has 0 saturated carbocycles. The van der Waals surface area contributed by atoms with Gasteiger partial charge >= 0.3 is 0 Å². The second kappa shape index (κ2) is 3.98. The molecule has 0 aromatic heterocycles. The zero-order valence-corrected chi connectivity index (χ0v) is 8.60. The Balaban J connectivity index is 3.01. The smallest absolute Gasteiger partial charge is 0.236 e. The normalized spacial score (nSPS) is 11.2. The van der Waals surface area contributed by atoms with Crippen molar-refractivity contribution in [1.29, 1.82) is 0 Å². The molecule has 1 aromatic rings. The van der Waals surface area contributed by atoms with Crippen LogP contribution in [0.4, 0.5) is 0 Å². The van der Waals surface area contributed by atoms with Crippen molar-refractivity contribution >= 4 is 19.7 Å². The summed E-state index contributed by atoms with van der Waals surface area (Å²) in [6.45, 7) is 0. The Kier molecular flexibility index (Phi) is 3.17. The van der Waals surface area contributed by atoms with Crippen molar-refractivity contribution in [3.05, 3.63) is 29.8 Å². The van der Waals surface area contributed by atoms with E-state index in [0.717, 1.165) is 0 Å². The van der Waals surface area contributed by atoms with Gasteiger partial charge in [-0.3, -0.25) is 0 Å². The van der Waals surface area contributed by atoms with Crippen LogP contribution in [0.15, 0.2) is 24.3 Å². The van der Waals surface area contributed by atoms with Crippen LogP contribution in [-0.2, 0) is 14.8 Å². The number of hydrogen-bond donors (Lipinski definition) is 0. The van der Waals surface area contributed by atoms with Gasteiger partial charge in [0, 0.05) is 16.2 Å². The molecule has 0 heterocycles. The topological polar surface area (TPSA) is 43.4 Å². The van der Waals surface area contributed by atoms with E-state index in [4.69, 9.17) is 15.4 Å². The Hall–Kier alpha value is -0.740. The van der Waals surface area contributed by atoms with E-state index in [1.54, 1.807) is 24.3 Å². The lowest BCUT2D eigenvalue weighted by atomic mass is 10.2. The van der Waals surface area contributed by atoms with Crippen molar-refractivity contribution in [2.45, 2.75) is 5.75 Å². The molecule has 0 radical (unpaired) electrons. The van der Waals surface area contributed by atoms with Crippen LogP contribution in [0, 0.1) is 0 Å². The molecule has 0 amide bonds. The molecule has 0 aliphatic heterocycles. The lowest BCUT2D eigenvalue weighted by Gasteiger charge is -2.05. The molecule has 5 heteroatoms. The fourth-order valence-corrected chi connectivity index (χ4v) is 1.97. The third-order valence-corrected chi connectivity index (χ3v) is 2.50. The molecule has 0 atom stereocenters. The Labute approximate surface area is 81.7 Å². The van der Waals surface area contributed by atoms with Crippen molar-refractivity contribution in [2.24, 2.45) is 0 Å². The molecule has 0 fully saturated rings. The predicted molar refractivity (Wildman–Crippen MR) is 51.5 cm³/mol. The second-order valence-electron chi connectivity index (χ2n) is 2.50. The summed E-state index contributed by atoms with van der Waals surface area (Å²) in [5, 5.41) is 0. The zero-order valence-electron chi connectivity index (χ0n) is 7.03. The Morgan fingerprint density at radius 1 is 1.38 bits per heavy atom. The average molecular weight is 221 g/mol. The van der Waals surface area contributed by atoms with Crippen molar-refractivity contribution in [1.82, 2.24) is 0 Å². The van der Waals surface area contributed by atoms with E-state index in [2.05, 4.69) is 0 Å². The van der Waals surface area contributed by atoms with Crippen LogP contribution in [0.1, 0.15) is 5.56 Å². The van der Waals surface area contributed by atoms with Crippen molar-refractivity contribution < 1.29 is 13.2 Å². The third-order valence-electron chi connectivity index (χ3n) is 1.52. The minimum absolute atomic E-state index is 0.210. The second-order valence-corrected chi connectivity index (χ2v) is 5.27. The molecule has 3 nitrogen and oxygen atoms in total. The SMILES string of the molecule is COc1ccccc1CS(=O)(=O)Cl. The fourth-order valence-electron chi connectivity index (χ4n) is 1.01. The standard InChI is InChI=1S/C8H9ClO3S/c1-12-8-5-3-2-4-7(8)6-13(9,10)11/h2-5H,6H2,1H3. The Bertz CT molecular complexity index is 386. The molecular formula is C8H9ClO3S. The lowest BCUT2D eigenvalue weighted by Crippen LogP contribution is -1.97. The highest BCUT2D eigenvalue weighted by molar-refractivity contribution is 8.13. The van der Waals surface area contributed by atoms with Gasteiger partial charge in [-0.25, -0.2) is 8.42 Å². The van der Waals surface area contributed by atoms with Crippen molar-refractivity contribution in [3.8, 4) is 5.75 Å². The van der Waals surface area contributed by atoms with Gasteiger partial charge in [-0.1, -0.05) is 18.2 Å². The van der Waals surface area contributed by atoms with Gasteiger partial charge in [-0.05, 0) is 6.07 Å². The highest BCUT2D eigenvalue weighted by Crippen LogP contribution is 2.20. The van der Waals surface area contributed by atoms with E-state index in [0.29, 0.717) is 11.3 Å². The van der Waals surface area contributed by atoms with Crippen LogP contribution >= 0.6 is 10.7 Å². The maximum absolute atomic E-state index is 10.8. The van der Waals surface area contributed by atoms with Gasteiger partial charge in [0.25, 0.3) is 0 Å². The van der Waals surface area contributed by atoms with E-state index in [9.17, 15) is 8.42 Å². The van der Waals surface area contributed by atoms with Crippen LogP contribution in [0.3, 0.4) is 0 Å². The summed E-state index contributed by atoms with van der Waals surface area (Å²) in [5.74, 6) is 0.324. The van der Waals surface area contributed by atoms with E-state index >= 15 is 0 Å². The summed E-state index contributed by atoms with van der Waals surface area (Å²) in [5.41, 5.74) is 0.569. The molecule has 0 aliphatic rings. The van der Waals surface area contributed by atoms with Crippen molar-refractivity contribution in [3.63, 3.8) is 0 Å². The quantitative estimate of drug-likeness (QED) is 0.730. The monoisotopic (exact) mass is 220 g/mol. The number of benzene rings is 1. The largest absolute Gasteiger partial charge is 0.496 e. The Morgan fingerprint density at radius 2 is 2.00 bits per heavy atom. The molecule has 0 aliphatic carbocycles. The third kappa shape index (κ3) is 3.24. The fraction of sp³-hybridized carbons (Fsp3) is 0.250. The molecule has 72 valence electrons. The van der Waals surface area contributed by atoms with Crippen LogP contribution in [0.25, 0.3) is 0 Å². The summed E-state index contributed by atoms with van der Waals surface area (Å²) in [6, 6.07) is 6.86. The number of rotatable bonds is 3. The van der Waals surface area contributed by atoms with Gasteiger partial charge in [0.05, 0.1) is 12.9 Å². The van der Waals surface area contributed by atoms with Gasteiger partial charge in [0.1, 0.15) is 5.75 Å². The maximum atomic E-state index is 10.8. The summed E-state index contributed by atoms with van der Waals surface area (Å²) in [6.07, 6.45) is 0. The first-order valence-corrected chi connectivity index (χ1v) is 6.05. The molecule has 0 unspecified atom stereocenters. The van der Waals surface area contributed by atoms with Gasteiger partial charge < -0.3 is 4.74 Å². The average Bonchev–Trinajstić information content (AvgIpc) is 2.02. The first-order chi connectivity index (χ1) is 6.03. The highest BCUT2D eigenvalue weighted by Gasteiger charge is 2.10. The van der Waals surface area contributed by atoms with Gasteiger partial charge in [0.15, 0.2) is 0 Å². The van der Waals surface area contributed by atoms with Crippen molar-refractivity contribution in [2.75, 3.05) is 7.11 Å². The first kappa shape index (κ1) is 10.3. The van der Waals surface area contributed by atoms with Crippen LogP contribution < -0.4 is 4.74 Å². The minimum Gasteiger partial charge on any atom is -0.496 e. The summed E-state index contributed by atoms with van der Waals surface area (Å²) < 4.78 is 26.5. The van der Waals surface area contributed by atoms with E-state index < -0.39 is 9.05 Å². The summed E-state index contributed by atoms with van der Waals surface area (Å²) in [7, 11) is 3.08. The molecule has 1 rings (SSSR count). The zero-order chi connectivity index (χ0) is 9.90. The van der Waals surface area contributed by atoms with Crippen LogP contribution in [-0.4, -0.2) is 15.5 Å². The molecular weight excluding hydrogens is 212 g/mol. The minimum atomic E-state index is -3.52. The molecule has 1 aromatic carbocycles. The maximum Gasteiger partial charge on any atom is 0.236 e. The number of para-hydroxylation sites is 1. The first-order valence-electron chi connectivity index (χ1n) is 3.57. The summed E-state index contributed by atoms with van der Waals surface area (Å²) >= 11 is 0. The van der Waals surface area contributed by atoms with Gasteiger partial charge in [-0.15, -0.1) is 0 Å². The number of ether oxygens (including phenoxy) is 1. The molecule has 0 spiro atoms.